The zero-order valence-corrected chi connectivity index (χ0v) is 11.7. The number of amides is 1. The number of carbonyl (C=O) groups is 1. The van der Waals surface area contributed by atoms with E-state index in [1.165, 1.54) is 6.42 Å². The third-order valence-electron chi connectivity index (χ3n) is 3.67. The fourth-order valence-electron chi connectivity index (χ4n) is 2.93. The molecule has 0 aromatic carbocycles. The van der Waals surface area contributed by atoms with Crippen LogP contribution in [0.5, 0.6) is 0 Å². The fraction of sp³-hybridized carbons (Fsp3) is 0.929. The molecule has 17 heavy (non-hydrogen) atoms. The Kier molecular flexibility index (Phi) is 4.99. The van der Waals surface area contributed by atoms with E-state index in [-0.39, 0.29) is 18.0 Å². The molecule has 3 nitrogen and oxygen atoms in total. The lowest BCUT2D eigenvalue weighted by atomic mass is 9.82. The lowest BCUT2D eigenvalue weighted by molar-refractivity contribution is -0.141. The van der Waals surface area contributed by atoms with E-state index < -0.39 is 5.60 Å². The van der Waals surface area contributed by atoms with Gasteiger partial charge in [-0.2, -0.15) is 0 Å². The summed E-state index contributed by atoms with van der Waals surface area (Å²) in [5.74, 6) is 0.0967. The first-order chi connectivity index (χ1) is 7.86. The summed E-state index contributed by atoms with van der Waals surface area (Å²) in [7, 11) is 0. The predicted octanol–water partition coefficient (Wildman–Crippen LogP) is 2.72. The quantitative estimate of drug-likeness (QED) is 0.822. The van der Waals surface area contributed by atoms with E-state index >= 15 is 0 Å². The van der Waals surface area contributed by atoms with Crippen molar-refractivity contribution in [1.29, 1.82) is 0 Å². The topological polar surface area (TPSA) is 40.5 Å². The highest BCUT2D eigenvalue weighted by atomic mass is 16.3. The number of hydrogen-bond donors (Lipinski definition) is 1. The van der Waals surface area contributed by atoms with Crippen LogP contribution < -0.4 is 0 Å². The summed E-state index contributed by atoms with van der Waals surface area (Å²) in [4.78, 5) is 14.1. The van der Waals surface area contributed by atoms with Crippen molar-refractivity contribution in [2.24, 2.45) is 0 Å². The summed E-state index contributed by atoms with van der Waals surface area (Å²) in [5, 5.41) is 10.4. The molecule has 1 aliphatic rings. The summed E-state index contributed by atoms with van der Waals surface area (Å²) in [6, 6.07) is 0.407. The van der Waals surface area contributed by atoms with E-state index in [2.05, 4.69) is 0 Å². The summed E-state index contributed by atoms with van der Waals surface area (Å²) in [6.07, 6.45) is 5.14. The molecule has 1 amide bonds. The minimum absolute atomic E-state index is 0.0967. The van der Waals surface area contributed by atoms with Crippen LogP contribution >= 0.6 is 0 Å². The van der Waals surface area contributed by atoms with Gasteiger partial charge in [0.05, 0.1) is 12.0 Å². The molecule has 1 rings (SSSR count). The molecule has 0 aromatic rings. The number of carbonyl (C=O) groups excluding carboxylic acids is 1. The van der Waals surface area contributed by atoms with Gasteiger partial charge < -0.3 is 10.0 Å². The molecule has 1 N–H and O–H groups in total. The normalized spacial score (nSPS) is 19.7. The molecule has 0 saturated heterocycles. The van der Waals surface area contributed by atoms with Crippen molar-refractivity contribution in [2.75, 3.05) is 0 Å². The molecule has 0 atom stereocenters. The van der Waals surface area contributed by atoms with Gasteiger partial charge in [0.15, 0.2) is 0 Å². The molecule has 0 unspecified atom stereocenters. The van der Waals surface area contributed by atoms with Crippen molar-refractivity contribution in [3.05, 3.63) is 0 Å². The fourth-order valence-corrected chi connectivity index (χ4v) is 2.93. The average molecular weight is 241 g/mol. The number of nitrogens with zero attached hydrogens (tertiary/aromatic N) is 1. The van der Waals surface area contributed by atoms with Crippen LogP contribution in [0.1, 0.15) is 66.2 Å². The smallest absolute Gasteiger partial charge is 0.225 e. The summed E-state index contributed by atoms with van der Waals surface area (Å²) >= 11 is 0. The van der Waals surface area contributed by atoms with Gasteiger partial charge in [0.2, 0.25) is 5.91 Å². The van der Waals surface area contributed by atoms with Crippen LogP contribution in [-0.4, -0.2) is 33.6 Å². The summed E-state index contributed by atoms with van der Waals surface area (Å²) in [5.41, 5.74) is -0.739. The minimum Gasteiger partial charge on any atom is -0.389 e. The Morgan fingerprint density at radius 1 is 1.12 bits per heavy atom. The second-order valence-corrected chi connectivity index (χ2v) is 5.95. The molecular formula is C14H27NO2. The molecule has 0 spiro atoms. The molecular weight excluding hydrogens is 214 g/mol. The van der Waals surface area contributed by atoms with Gasteiger partial charge >= 0.3 is 0 Å². The zero-order chi connectivity index (χ0) is 13.1. The maximum atomic E-state index is 12.3. The zero-order valence-electron chi connectivity index (χ0n) is 11.7. The standard InChI is InChI=1S/C14H27NO2/c1-11(2)15(12(3)4)13(16)10-14(17)8-6-5-7-9-14/h11-12,17H,5-10H2,1-4H3. The second kappa shape index (κ2) is 5.85. The molecule has 0 aromatic heterocycles. The molecule has 1 aliphatic carbocycles. The first-order valence-corrected chi connectivity index (χ1v) is 6.89. The molecule has 1 fully saturated rings. The molecule has 0 aliphatic heterocycles. The first kappa shape index (κ1) is 14.5. The monoisotopic (exact) mass is 241 g/mol. The minimum atomic E-state index is -0.739. The second-order valence-electron chi connectivity index (χ2n) is 5.95. The Balaban J connectivity index is 2.62. The largest absolute Gasteiger partial charge is 0.389 e. The third-order valence-corrected chi connectivity index (χ3v) is 3.67. The number of hydrogen-bond acceptors (Lipinski definition) is 2. The van der Waals surface area contributed by atoms with Crippen LogP contribution in [-0.2, 0) is 4.79 Å². The molecule has 0 radical (unpaired) electrons. The van der Waals surface area contributed by atoms with E-state index in [1.807, 2.05) is 32.6 Å². The van der Waals surface area contributed by atoms with E-state index in [0.29, 0.717) is 6.42 Å². The van der Waals surface area contributed by atoms with Crippen molar-refractivity contribution in [1.82, 2.24) is 4.90 Å². The highest BCUT2D eigenvalue weighted by Crippen LogP contribution is 2.31. The van der Waals surface area contributed by atoms with Gasteiger partial charge in [-0.25, -0.2) is 0 Å². The van der Waals surface area contributed by atoms with E-state index in [4.69, 9.17) is 0 Å². The van der Waals surface area contributed by atoms with E-state index in [0.717, 1.165) is 25.7 Å². The Labute approximate surface area is 105 Å². The van der Waals surface area contributed by atoms with E-state index in [1.54, 1.807) is 0 Å². The van der Waals surface area contributed by atoms with Gasteiger partial charge in [-0.3, -0.25) is 4.79 Å². The maximum Gasteiger partial charge on any atom is 0.225 e. The van der Waals surface area contributed by atoms with Crippen molar-refractivity contribution in [2.45, 2.75) is 83.9 Å². The van der Waals surface area contributed by atoms with Crippen LogP contribution in [0.15, 0.2) is 0 Å². The van der Waals surface area contributed by atoms with E-state index in [9.17, 15) is 9.90 Å². The lowest BCUT2D eigenvalue weighted by Gasteiger charge is -2.36. The van der Waals surface area contributed by atoms with Crippen LogP contribution in [0.3, 0.4) is 0 Å². The van der Waals surface area contributed by atoms with Gasteiger partial charge in [0, 0.05) is 12.1 Å². The maximum absolute atomic E-state index is 12.3. The Morgan fingerprint density at radius 2 is 1.59 bits per heavy atom. The predicted molar refractivity (Wildman–Crippen MR) is 69.8 cm³/mol. The average Bonchev–Trinajstić information content (AvgIpc) is 2.15. The van der Waals surface area contributed by atoms with Gasteiger partial charge in [-0.1, -0.05) is 19.3 Å². The van der Waals surface area contributed by atoms with Crippen LogP contribution in [0.2, 0.25) is 0 Å². The van der Waals surface area contributed by atoms with Crippen LogP contribution in [0.4, 0.5) is 0 Å². The van der Waals surface area contributed by atoms with Gasteiger partial charge in [0.1, 0.15) is 0 Å². The van der Waals surface area contributed by atoms with Crippen LogP contribution in [0.25, 0.3) is 0 Å². The SMILES string of the molecule is CC(C)N(C(=O)CC1(O)CCCCC1)C(C)C. The Morgan fingerprint density at radius 3 is 2.00 bits per heavy atom. The molecule has 100 valence electrons. The molecule has 1 saturated carbocycles. The number of aliphatic hydroxyl groups is 1. The van der Waals surface area contributed by atoms with Crippen molar-refractivity contribution in [3.8, 4) is 0 Å². The van der Waals surface area contributed by atoms with Crippen molar-refractivity contribution >= 4 is 5.91 Å². The Hall–Kier alpha value is -0.570. The summed E-state index contributed by atoms with van der Waals surface area (Å²) < 4.78 is 0. The number of rotatable bonds is 4. The van der Waals surface area contributed by atoms with Crippen LogP contribution in [0, 0.1) is 0 Å². The van der Waals surface area contributed by atoms with Crippen molar-refractivity contribution in [3.63, 3.8) is 0 Å². The van der Waals surface area contributed by atoms with Gasteiger partial charge in [0.25, 0.3) is 0 Å². The lowest BCUT2D eigenvalue weighted by Crippen LogP contribution is -2.46. The highest BCUT2D eigenvalue weighted by Gasteiger charge is 2.34. The summed E-state index contributed by atoms with van der Waals surface area (Å²) in [6.45, 7) is 8.12. The molecule has 0 heterocycles. The third kappa shape index (κ3) is 3.98. The van der Waals surface area contributed by atoms with Gasteiger partial charge in [-0.05, 0) is 40.5 Å². The van der Waals surface area contributed by atoms with Crippen molar-refractivity contribution < 1.29 is 9.90 Å². The Bertz CT molecular complexity index is 247. The molecule has 3 heteroatoms. The first-order valence-electron chi connectivity index (χ1n) is 6.89. The van der Waals surface area contributed by atoms with Gasteiger partial charge in [-0.15, -0.1) is 0 Å². The highest BCUT2D eigenvalue weighted by molar-refractivity contribution is 5.77. The molecule has 0 bridgehead atoms.